The van der Waals surface area contributed by atoms with Gasteiger partial charge in [0.15, 0.2) is 0 Å². The molecule has 1 heterocycles. The molecule has 2 aliphatic rings. The average Bonchev–Trinajstić information content (AvgIpc) is 3.54. The molecule has 2 aromatic carbocycles. The Morgan fingerprint density at radius 3 is 2.89 bits per heavy atom. The van der Waals surface area contributed by atoms with Crippen LogP contribution in [0.4, 0.5) is 0 Å². The zero-order chi connectivity index (χ0) is 25.8. The van der Waals surface area contributed by atoms with Gasteiger partial charge in [0.2, 0.25) is 0 Å². The SMILES string of the molecule is CC(C)Oc1ccc(C#CC2=CC=C3CCCC3C2)cc1C(=O)N[C@@H](CO)Cc1c[nH]c2ccccc12. The van der Waals surface area contributed by atoms with Crippen molar-refractivity contribution >= 4 is 16.8 Å². The van der Waals surface area contributed by atoms with Crippen LogP contribution in [0.1, 0.15) is 61.0 Å². The number of aromatic nitrogens is 1. The van der Waals surface area contributed by atoms with Crippen LogP contribution in [0.15, 0.2) is 72.0 Å². The Balaban J connectivity index is 1.35. The first kappa shape index (κ1) is 24.9. The molecular formula is C32H34N2O3. The molecule has 0 aliphatic heterocycles. The van der Waals surface area contributed by atoms with Crippen LogP contribution in [0, 0.1) is 17.8 Å². The number of ether oxygens (including phenoxy) is 1. The Labute approximate surface area is 218 Å². The number of benzene rings is 2. The van der Waals surface area contributed by atoms with E-state index in [2.05, 4.69) is 34.3 Å². The molecule has 2 aliphatic carbocycles. The zero-order valence-corrected chi connectivity index (χ0v) is 21.5. The van der Waals surface area contributed by atoms with E-state index in [1.54, 1.807) is 11.6 Å². The van der Waals surface area contributed by atoms with E-state index in [1.165, 1.54) is 19.3 Å². The van der Waals surface area contributed by atoms with Crippen molar-refractivity contribution in [1.29, 1.82) is 0 Å². The van der Waals surface area contributed by atoms with Gasteiger partial charge in [-0.25, -0.2) is 0 Å². The van der Waals surface area contributed by atoms with Gasteiger partial charge in [-0.2, -0.15) is 0 Å². The van der Waals surface area contributed by atoms with Crippen LogP contribution in [-0.4, -0.2) is 34.8 Å². The number of nitrogens with one attached hydrogen (secondary N) is 2. The fraction of sp³-hybridized carbons (Fsp3) is 0.344. The number of aromatic amines is 1. The predicted molar refractivity (Wildman–Crippen MR) is 148 cm³/mol. The molecule has 1 fully saturated rings. The summed E-state index contributed by atoms with van der Waals surface area (Å²) in [5.74, 6) is 7.45. The van der Waals surface area contributed by atoms with E-state index in [0.29, 0.717) is 23.7 Å². The van der Waals surface area contributed by atoms with Gasteiger partial charge < -0.3 is 20.1 Å². The number of H-pyrrole nitrogens is 1. The van der Waals surface area contributed by atoms with E-state index >= 15 is 0 Å². The third-order valence-corrected chi connectivity index (χ3v) is 7.16. The number of aliphatic hydroxyl groups excluding tert-OH is 1. The number of fused-ring (bicyclic) bond motifs is 2. The van der Waals surface area contributed by atoms with Crippen molar-refractivity contribution in [3.05, 3.63) is 88.7 Å². The van der Waals surface area contributed by atoms with Gasteiger partial charge in [-0.15, -0.1) is 0 Å². The fourth-order valence-electron chi connectivity index (χ4n) is 5.31. The first-order chi connectivity index (χ1) is 18.0. The summed E-state index contributed by atoms with van der Waals surface area (Å²) in [4.78, 5) is 16.7. The number of hydrogen-bond donors (Lipinski definition) is 3. The van der Waals surface area contributed by atoms with Gasteiger partial charge in [0.25, 0.3) is 5.91 Å². The van der Waals surface area contributed by atoms with Crippen molar-refractivity contribution < 1.29 is 14.6 Å². The fourth-order valence-corrected chi connectivity index (χ4v) is 5.31. The van der Waals surface area contributed by atoms with E-state index in [4.69, 9.17) is 4.74 Å². The summed E-state index contributed by atoms with van der Waals surface area (Å²) in [5, 5.41) is 14.2. The number of amides is 1. The molecule has 0 saturated heterocycles. The summed E-state index contributed by atoms with van der Waals surface area (Å²) >= 11 is 0. The molecule has 0 bridgehead atoms. The Bertz CT molecular complexity index is 1420. The normalized spacial score (nSPS) is 17.5. The minimum absolute atomic E-state index is 0.0804. The molecule has 5 heteroatoms. The van der Waals surface area contributed by atoms with Crippen LogP contribution >= 0.6 is 0 Å². The molecule has 1 saturated carbocycles. The molecule has 0 radical (unpaired) electrons. The van der Waals surface area contributed by atoms with Crippen LogP contribution in [0.5, 0.6) is 5.75 Å². The van der Waals surface area contributed by atoms with Crippen molar-refractivity contribution in [2.75, 3.05) is 6.61 Å². The van der Waals surface area contributed by atoms with Crippen LogP contribution in [-0.2, 0) is 6.42 Å². The molecule has 3 N–H and O–H groups in total. The van der Waals surface area contributed by atoms with Gasteiger partial charge in [-0.1, -0.05) is 47.8 Å². The highest BCUT2D eigenvalue weighted by Crippen LogP contribution is 2.38. The molecule has 0 spiro atoms. The number of hydrogen-bond acceptors (Lipinski definition) is 3. The van der Waals surface area contributed by atoms with Crippen LogP contribution < -0.4 is 10.1 Å². The maximum absolute atomic E-state index is 13.4. The molecule has 3 aromatic rings. The minimum Gasteiger partial charge on any atom is -0.490 e. The standard InChI is InChI=1S/C32H34N2O3/c1-21(2)37-31-15-13-23(11-10-22-12-14-24-6-5-7-25(24)16-22)17-29(31)32(36)34-27(20-35)18-26-19-33-30-9-4-3-8-28(26)30/h3-4,8-9,12-15,17,19,21,25,27,33,35H,5-7,16,18,20H2,1-2H3,(H,34,36)/t25?,27-/m1/s1. The lowest BCUT2D eigenvalue weighted by Crippen LogP contribution is -2.39. The second-order valence-corrected chi connectivity index (χ2v) is 10.3. The maximum atomic E-state index is 13.4. The lowest BCUT2D eigenvalue weighted by Gasteiger charge is -2.19. The Morgan fingerprint density at radius 2 is 2.05 bits per heavy atom. The first-order valence-corrected chi connectivity index (χ1v) is 13.2. The van der Waals surface area contributed by atoms with E-state index < -0.39 is 6.04 Å². The van der Waals surface area contributed by atoms with Crippen LogP contribution in [0.3, 0.4) is 0 Å². The molecular weight excluding hydrogens is 460 g/mol. The Kier molecular flexibility index (Phi) is 7.48. The molecule has 1 amide bonds. The summed E-state index contributed by atoms with van der Waals surface area (Å²) in [6.45, 7) is 3.70. The number of para-hydroxylation sites is 1. The quantitative estimate of drug-likeness (QED) is 0.369. The molecule has 37 heavy (non-hydrogen) atoms. The Hall–Kier alpha value is -3.75. The number of carbonyl (C=O) groups excluding carboxylic acids is 1. The first-order valence-electron chi connectivity index (χ1n) is 13.2. The number of rotatable bonds is 7. The predicted octanol–water partition coefficient (Wildman–Crippen LogP) is 5.70. The van der Waals surface area contributed by atoms with Crippen molar-refractivity contribution in [1.82, 2.24) is 10.3 Å². The monoisotopic (exact) mass is 494 g/mol. The molecule has 1 aromatic heterocycles. The second-order valence-electron chi connectivity index (χ2n) is 10.3. The van der Waals surface area contributed by atoms with E-state index in [1.807, 2.05) is 56.4 Å². The van der Waals surface area contributed by atoms with Gasteiger partial charge in [-0.05, 0) is 81.7 Å². The maximum Gasteiger partial charge on any atom is 0.255 e. The highest BCUT2D eigenvalue weighted by molar-refractivity contribution is 5.97. The number of carbonyl (C=O) groups is 1. The third kappa shape index (κ3) is 5.81. The number of aliphatic hydroxyl groups is 1. The molecule has 190 valence electrons. The number of allylic oxidation sites excluding steroid dienone is 4. The van der Waals surface area contributed by atoms with Crippen LogP contribution in [0.2, 0.25) is 0 Å². The largest absolute Gasteiger partial charge is 0.490 e. The van der Waals surface area contributed by atoms with Crippen molar-refractivity contribution in [3.63, 3.8) is 0 Å². The summed E-state index contributed by atoms with van der Waals surface area (Å²) in [5.41, 5.74) is 5.98. The molecule has 1 unspecified atom stereocenters. The lowest BCUT2D eigenvalue weighted by atomic mass is 9.89. The summed E-state index contributed by atoms with van der Waals surface area (Å²) in [7, 11) is 0. The van der Waals surface area contributed by atoms with Gasteiger partial charge in [-0.3, -0.25) is 4.79 Å². The third-order valence-electron chi connectivity index (χ3n) is 7.16. The average molecular weight is 495 g/mol. The topological polar surface area (TPSA) is 74.3 Å². The van der Waals surface area contributed by atoms with Crippen molar-refractivity contribution in [3.8, 4) is 17.6 Å². The highest BCUT2D eigenvalue weighted by atomic mass is 16.5. The summed E-state index contributed by atoms with van der Waals surface area (Å²) in [6, 6.07) is 13.1. The summed E-state index contributed by atoms with van der Waals surface area (Å²) < 4.78 is 5.95. The van der Waals surface area contributed by atoms with Gasteiger partial charge >= 0.3 is 0 Å². The summed E-state index contributed by atoms with van der Waals surface area (Å²) in [6.07, 6.45) is 11.5. The van der Waals surface area contributed by atoms with E-state index in [0.717, 1.165) is 34.0 Å². The zero-order valence-electron chi connectivity index (χ0n) is 21.5. The minimum atomic E-state index is -0.437. The highest BCUT2D eigenvalue weighted by Gasteiger charge is 2.23. The van der Waals surface area contributed by atoms with E-state index in [9.17, 15) is 9.90 Å². The van der Waals surface area contributed by atoms with Gasteiger partial charge in [0.1, 0.15) is 5.75 Å². The molecule has 5 rings (SSSR count). The smallest absolute Gasteiger partial charge is 0.255 e. The molecule has 2 atom stereocenters. The Morgan fingerprint density at radius 1 is 1.19 bits per heavy atom. The van der Waals surface area contributed by atoms with Crippen molar-refractivity contribution in [2.45, 2.75) is 58.1 Å². The second kappa shape index (κ2) is 11.1. The van der Waals surface area contributed by atoms with Crippen molar-refractivity contribution in [2.24, 2.45) is 5.92 Å². The van der Waals surface area contributed by atoms with Gasteiger partial charge in [0, 0.05) is 28.2 Å². The van der Waals surface area contributed by atoms with E-state index in [-0.39, 0.29) is 18.6 Å². The van der Waals surface area contributed by atoms with Crippen LogP contribution in [0.25, 0.3) is 10.9 Å². The lowest BCUT2D eigenvalue weighted by molar-refractivity contribution is 0.0910. The van der Waals surface area contributed by atoms with Gasteiger partial charge in [0.05, 0.1) is 24.3 Å². The molecule has 5 nitrogen and oxygen atoms in total.